The zero-order valence-electron chi connectivity index (χ0n) is 27.5. The van der Waals surface area contributed by atoms with Crippen molar-refractivity contribution in [1.82, 2.24) is 15.1 Å². The molecule has 1 N–H and O–H groups in total. The molecule has 0 spiro atoms. The Morgan fingerprint density at radius 1 is 1.18 bits per heavy atom. The van der Waals surface area contributed by atoms with Crippen molar-refractivity contribution in [3.05, 3.63) is 89.6 Å². The zero-order chi connectivity index (χ0) is 32.4. The number of benzene rings is 1. The van der Waals surface area contributed by atoms with Gasteiger partial charge in [0.25, 0.3) is 0 Å². The summed E-state index contributed by atoms with van der Waals surface area (Å²) < 4.78 is 19.6. The number of halogens is 1. The highest BCUT2D eigenvalue weighted by Gasteiger charge is 2.13. The number of allylic oxidation sites excluding steroid dienone is 7. The number of rotatable bonds is 7. The smallest absolute Gasteiger partial charge is 0.303 e. The normalized spacial score (nSPS) is 16.7. The third-order valence-corrected chi connectivity index (χ3v) is 6.72. The molecular formula is C36H50FN5O2. The van der Waals surface area contributed by atoms with Gasteiger partial charge in [0.1, 0.15) is 17.8 Å². The van der Waals surface area contributed by atoms with Crippen molar-refractivity contribution in [2.45, 2.75) is 91.7 Å². The summed E-state index contributed by atoms with van der Waals surface area (Å²) in [5.41, 5.74) is 4.78. The van der Waals surface area contributed by atoms with E-state index in [0.717, 1.165) is 35.0 Å². The molecule has 1 aromatic heterocycles. The van der Waals surface area contributed by atoms with Gasteiger partial charge in [-0.25, -0.2) is 14.1 Å². The molecule has 0 saturated carbocycles. The Balaban J connectivity index is 0.000000255. The van der Waals surface area contributed by atoms with Gasteiger partial charge in [-0.1, -0.05) is 42.4 Å². The van der Waals surface area contributed by atoms with Crippen LogP contribution in [0.2, 0.25) is 0 Å². The lowest BCUT2D eigenvalue weighted by Gasteiger charge is -2.23. The van der Waals surface area contributed by atoms with Gasteiger partial charge in [-0.05, 0) is 109 Å². The molecule has 1 atom stereocenters. The summed E-state index contributed by atoms with van der Waals surface area (Å²) in [5, 5.41) is 8.08. The Bertz CT molecular complexity index is 1350. The second-order valence-electron chi connectivity index (χ2n) is 11.8. The topological polar surface area (TPSA) is 80.9 Å². The van der Waals surface area contributed by atoms with Gasteiger partial charge < -0.3 is 10.1 Å². The summed E-state index contributed by atoms with van der Waals surface area (Å²) >= 11 is 0. The Hall–Kier alpha value is -3.91. The number of esters is 1. The summed E-state index contributed by atoms with van der Waals surface area (Å²) in [5.74, 6) is -0.464. The molecule has 0 bridgehead atoms. The van der Waals surface area contributed by atoms with Crippen LogP contribution in [0, 0.1) is 19.7 Å². The average Bonchev–Trinajstić information content (AvgIpc) is 3.14. The maximum absolute atomic E-state index is 13.2. The number of ether oxygens (including phenoxy) is 1. The monoisotopic (exact) mass is 603 g/mol. The van der Waals surface area contributed by atoms with E-state index < -0.39 is 0 Å². The van der Waals surface area contributed by atoms with Crippen LogP contribution in [0.4, 0.5) is 4.39 Å². The number of aryl methyl sites for hydroxylation is 2. The molecule has 7 nitrogen and oxygen atoms in total. The minimum Gasteiger partial charge on any atom is -0.460 e. The first-order chi connectivity index (χ1) is 21.0. The SMILES string of the molecule is C1=CC=C(CC[C@H]2CCCCN2)CC=C1.CC(=O)OC(C)(C)C.CN=C/C=C\N=Cn1nc(-c2ccc(F)cc2C)cc1C. The van der Waals surface area contributed by atoms with Crippen LogP contribution in [-0.2, 0) is 9.53 Å². The molecule has 1 aliphatic heterocycles. The van der Waals surface area contributed by atoms with Gasteiger partial charge in [-0.15, -0.1) is 0 Å². The summed E-state index contributed by atoms with van der Waals surface area (Å²) in [6.45, 7) is 12.0. The molecule has 2 aromatic rings. The van der Waals surface area contributed by atoms with E-state index in [1.54, 1.807) is 48.2 Å². The molecule has 1 aromatic carbocycles. The molecule has 0 radical (unpaired) electrons. The average molecular weight is 604 g/mol. The third kappa shape index (κ3) is 15.0. The summed E-state index contributed by atoms with van der Waals surface area (Å²) in [7, 11) is 1.70. The molecule has 4 rings (SSSR count). The van der Waals surface area contributed by atoms with E-state index in [4.69, 9.17) is 4.74 Å². The number of carbonyl (C=O) groups is 1. The molecule has 44 heavy (non-hydrogen) atoms. The Kier molecular flexibility index (Phi) is 16.0. The van der Waals surface area contributed by atoms with E-state index in [-0.39, 0.29) is 17.4 Å². The highest BCUT2D eigenvalue weighted by Crippen LogP contribution is 2.23. The van der Waals surface area contributed by atoms with Gasteiger partial charge in [0.05, 0.1) is 5.69 Å². The molecule has 8 heteroatoms. The molecule has 1 aliphatic carbocycles. The lowest BCUT2D eigenvalue weighted by Crippen LogP contribution is -2.33. The fourth-order valence-corrected chi connectivity index (χ4v) is 4.70. The Morgan fingerprint density at radius 3 is 2.61 bits per heavy atom. The first-order valence-electron chi connectivity index (χ1n) is 15.4. The van der Waals surface area contributed by atoms with Gasteiger partial charge in [0, 0.05) is 43.7 Å². The van der Waals surface area contributed by atoms with Crippen LogP contribution in [0.5, 0.6) is 0 Å². The third-order valence-electron chi connectivity index (χ3n) is 6.72. The molecule has 2 heterocycles. The summed E-state index contributed by atoms with van der Waals surface area (Å²) in [6.07, 6.45) is 25.5. The van der Waals surface area contributed by atoms with Crippen molar-refractivity contribution < 1.29 is 13.9 Å². The maximum Gasteiger partial charge on any atom is 0.303 e. The zero-order valence-corrected chi connectivity index (χ0v) is 27.5. The first-order valence-corrected chi connectivity index (χ1v) is 15.4. The van der Waals surface area contributed by atoms with E-state index in [2.05, 4.69) is 50.8 Å². The van der Waals surface area contributed by atoms with Crippen LogP contribution in [0.1, 0.15) is 77.5 Å². The van der Waals surface area contributed by atoms with Gasteiger partial charge in [-0.2, -0.15) is 5.10 Å². The molecule has 2 aliphatic rings. The van der Waals surface area contributed by atoms with E-state index in [1.807, 2.05) is 40.7 Å². The van der Waals surface area contributed by atoms with E-state index >= 15 is 0 Å². The number of nitrogens with one attached hydrogen (secondary N) is 1. The van der Waals surface area contributed by atoms with Crippen LogP contribution in [0.25, 0.3) is 11.3 Å². The van der Waals surface area contributed by atoms with Gasteiger partial charge in [0.15, 0.2) is 0 Å². The van der Waals surface area contributed by atoms with Crippen molar-refractivity contribution in [2.24, 2.45) is 9.98 Å². The van der Waals surface area contributed by atoms with Crippen molar-refractivity contribution >= 4 is 18.5 Å². The van der Waals surface area contributed by atoms with E-state index in [0.29, 0.717) is 0 Å². The molecule has 0 unspecified atom stereocenters. The Morgan fingerprint density at radius 2 is 1.98 bits per heavy atom. The van der Waals surface area contributed by atoms with Crippen LogP contribution in [0.3, 0.4) is 0 Å². The first kappa shape index (κ1) is 36.3. The van der Waals surface area contributed by atoms with Crippen molar-refractivity contribution in [3.8, 4) is 11.3 Å². The summed E-state index contributed by atoms with van der Waals surface area (Å²) in [4.78, 5) is 18.2. The van der Waals surface area contributed by atoms with Crippen LogP contribution >= 0.6 is 0 Å². The predicted octanol–water partition coefficient (Wildman–Crippen LogP) is 8.10. The fourth-order valence-electron chi connectivity index (χ4n) is 4.70. The van der Waals surface area contributed by atoms with Gasteiger partial charge in [-0.3, -0.25) is 9.79 Å². The number of nitrogens with zero attached hydrogens (tertiary/aromatic N) is 4. The second kappa shape index (κ2) is 19.4. The van der Waals surface area contributed by atoms with Gasteiger partial charge in [0.2, 0.25) is 0 Å². The summed E-state index contributed by atoms with van der Waals surface area (Å²) in [6, 6.07) is 7.41. The van der Waals surface area contributed by atoms with Crippen LogP contribution in [-0.4, -0.2) is 53.5 Å². The standard InChI is InChI=1S/C16H17FN4.C14H21N.C6H12O2/c1-12-9-14(17)5-6-15(12)16-10-13(2)21(20-16)11-19-8-4-7-18-3;1-2-4-8-13(7-3-1)10-11-14-9-5-6-12-15-14;1-5(7)8-6(2,3)4/h4-11H,1-3H3;1-4,7,14-15H,5-6,8-12H2;1-4H3/b8-4-,18-7?,19-11?;;/t;14-;/m.1./s1. The predicted molar refractivity (Wildman–Crippen MR) is 182 cm³/mol. The number of piperidine rings is 1. The lowest BCUT2D eigenvalue weighted by molar-refractivity contribution is -0.151. The number of hydrogen-bond donors (Lipinski definition) is 1. The highest BCUT2D eigenvalue weighted by molar-refractivity contribution is 5.72. The number of carbonyl (C=O) groups excluding carboxylic acids is 1. The fraction of sp³-hybridized carbons (Fsp3) is 0.444. The van der Waals surface area contributed by atoms with E-state index in [1.165, 1.54) is 57.7 Å². The number of aromatic nitrogens is 2. The van der Waals surface area contributed by atoms with Crippen molar-refractivity contribution in [1.29, 1.82) is 0 Å². The van der Waals surface area contributed by atoms with Crippen molar-refractivity contribution in [3.63, 3.8) is 0 Å². The Labute approximate surface area is 263 Å². The van der Waals surface area contributed by atoms with Crippen LogP contribution in [0.15, 0.2) is 82.5 Å². The molecule has 1 fully saturated rings. The second-order valence-corrected chi connectivity index (χ2v) is 11.8. The molecular weight excluding hydrogens is 553 g/mol. The maximum atomic E-state index is 13.2. The van der Waals surface area contributed by atoms with Crippen molar-refractivity contribution in [2.75, 3.05) is 13.6 Å². The number of aliphatic imine (C=N–C) groups is 2. The number of hydrogen-bond acceptors (Lipinski definition) is 6. The van der Waals surface area contributed by atoms with Crippen LogP contribution < -0.4 is 5.32 Å². The highest BCUT2D eigenvalue weighted by atomic mass is 19.1. The largest absolute Gasteiger partial charge is 0.460 e. The van der Waals surface area contributed by atoms with Gasteiger partial charge >= 0.3 is 5.97 Å². The molecule has 238 valence electrons. The van der Waals surface area contributed by atoms with E-state index in [9.17, 15) is 9.18 Å². The molecule has 0 amide bonds. The minimum absolute atomic E-state index is 0.225. The lowest BCUT2D eigenvalue weighted by atomic mass is 9.97. The minimum atomic E-state index is -0.328. The molecule has 1 saturated heterocycles. The quantitative estimate of drug-likeness (QED) is 0.197.